The molecular formula is C10H7ClF4N2O3. The van der Waals surface area contributed by atoms with Crippen LogP contribution >= 0.6 is 11.6 Å². The van der Waals surface area contributed by atoms with E-state index in [4.69, 9.17) is 11.6 Å². The molecule has 0 aromatic heterocycles. The van der Waals surface area contributed by atoms with E-state index in [0.717, 1.165) is 12.1 Å². The highest BCUT2D eigenvalue weighted by atomic mass is 35.5. The van der Waals surface area contributed by atoms with Crippen LogP contribution in [0.25, 0.3) is 0 Å². The van der Waals surface area contributed by atoms with Crippen molar-refractivity contribution in [2.45, 2.75) is 12.6 Å². The molecule has 1 amide bonds. The number of nitrogens with one attached hydrogen (secondary N) is 1. The van der Waals surface area contributed by atoms with E-state index in [0.29, 0.717) is 0 Å². The first-order valence-electron chi connectivity index (χ1n) is 5.11. The SMILES string of the molecule is O=C(NCCc1ccc(Cl)c(F)c1[N+](=O)[O-])C(F)(F)F. The van der Waals surface area contributed by atoms with E-state index in [9.17, 15) is 32.5 Å². The van der Waals surface area contributed by atoms with Gasteiger partial charge in [-0.05, 0) is 12.5 Å². The third kappa shape index (κ3) is 3.80. The minimum atomic E-state index is -5.04. The first-order chi connectivity index (χ1) is 9.14. The molecular weight excluding hydrogens is 308 g/mol. The van der Waals surface area contributed by atoms with Crippen molar-refractivity contribution < 1.29 is 27.3 Å². The number of carbonyl (C=O) groups is 1. The number of nitrogens with zero attached hydrogens (tertiary/aromatic N) is 1. The standard InChI is InChI=1S/C10H7ClF4N2O3/c11-6-2-1-5(8(7(6)12)17(19)20)3-4-16-9(18)10(13,14)15/h1-2H,3-4H2,(H,16,18). The molecule has 1 aromatic carbocycles. The molecule has 1 N–H and O–H groups in total. The highest BCUT2D eigenvalue weighted by Crippen LogP contribution is 2.28. The Labute approximate surface area is 114 Å². The number of carbonyl (C=O) groups excluding carboxylic acids is 1. The summed E-state index contributed by atoms with van der Waals surface area (Å²) in [5.41, 5.74) is -1.09. The summed E-state index contributed by atoms with van der Waals surface area (Å²) in [6.45, 7) is -0.528. The summed E-state index contributed by atoms with van der Waals surface area (Å²) in [5, 5.41) is 11.7. The van der Waals surface area contributed by atoms with Crippen LogP contribution in [-0.2, 0) is 11.2 Å². The Morgan fingerprint density at radius 1 is 1.40 bits per heavy atom. The van der Waals surface area contributed by atoms with Gasteiger partial charge in [-0.3, -0.25) is 14.9 Å². The predicted molar refractivity (Wildman–Crippen MR) is 60.8 cm³/mol. The Bertz CT molecular complexity index is 548. The molecule has 1 rings (SSSR count). The Morgan fingerprint density at radius 2 is 2.00 bits per heavy atom. The lowest BCUT2D eigenvalue weighted by Gasteiger charge is -2.08. The topological polar surface area (TPSA) is 72.2 Å². The minimum Gasteiger partial charge on any atom is -0.348 e. The van der Waals surface area contributed by atoms with Crippen molar-refractivity contribution >= 4 is 23.2 Å². The van der Waals surface area contributed by atoms with Gasteiger partial charge in [-0.2, -0.15) is 17.6 Å². The molecule has 10 heteroatoms. The maximum Gasteiger partial charge on any atom is 0.471 e. The monoisotopic (exact) mass is 314 g/mol. The molecule has 110 valence electrons. The first kappa shape index (κ1) is 16.2. The summed E-state index contributed by atoms with van der Waals surface area (Å²) < 4.78 is 49.2. The summed E-state index contributed by atoms with van der Waals surface area (Å²) >= 11 is 5.38. The van der Waals surface area contributed by atoms with Gasteiger partial charge >= 0.3 is 17.8 Å². The second-order valence-electron chi connectivity index (χ2n) is 3.63. The van der Waals surface area contributed by atoms with E-state index in [2.05, 4.69) is 0 Å². The Morgan fingerprint density at radius 3 is 2.50 bits per heavy atom. The molecule has 5 nitrogen and oxygen atoms in total. The molecule has 0 aliphatic carbocycles. The third-order valence-electron chi connectivity index (χ3n) is 2.27. The van der Waals surface area contributed by atoms with Crippen molar-refractivity contribution in [2.24, 2.45) is 0 Å². The van der Waals surface area contributed by atoms with Crippen molar-refractivity contribution in [3.63, 3.8) is 0 Å². The molecule has 0 unspecified atom stereocenters. The van der Waals surface area contributed by atoms with E-state index in [1.165, 1.54) is 5.32 Å². The summed E-state index contributed by atoms with van der Waals surface area (Å²) in [6.07, 6.45) is -5.39. The van der Waals surface area contributed by atoms with E-state index in [1.807, 2.05) is 0 Å². The molecule has 0 bridgehead atoms. The molecule has 0 heterocycles. The van der Waals surface area contributed by atoms with Crippen molar-refractivity contribution in [2.75, 3.05) is 6.54 Å². The number of amides is 1. The van der Waals surface area contributed by atoms with Gasteiger partial charge in [0.15, 0.2) is 0 Å². The minimum absolute atomic E-state index is 0.167. The first-order valence-corrected chi connectivity index (χ1v) is 5.48. The Hall–Kier alpha value is -1.90. The number of alkyl halides is 3. The van der Waals surface area contributed by atoms with Crippen LogP contribution in [0, 0.1) is 15.9 Å². The summed E-state index contributed by atoms with van der Waals surface area (Å²) in [7, 11) is 0. The molecule has 0 fully saturated rings. The summed E-state index contributed by atoms with van der Waals surface area (Å²) in [6, 6.07) is 2.16. The zero-order valence-corrected chi connectivity index (χ0v) is 10.4. The largest absolute Gasteiger partial charge is 0.471 e. The second-order valence-corrected chi connectivity index (χ2v) is 4.04. The van der Waals surface area contributed by atoms with Crippen LogP contribution < -0.4 is 5.32 Å². The molecule has 0 aliphatic heterocycles. The highest BCUT2D eigenvalue weighted by Gasteiger charge is 2.38. The fourth-order valence-corrected chi connectivity index (χ4v) is 1.54. The van der Waals surface area contributed by atoms with E-state index < -0.39 is 40.1 Å². The van der Waals surface area contributed by atoms with E-state index in [-0.39, 0.29) is 12.0 Å². The number of benzene rings is 1. The average Bonchev–Trinajstić information content (AvgIpc) is 2.31. The van der Waals surface area contributed by atoms with Gasteiger partial charge in [-0.15, -0.1) is 0 Å². The number of hydrogen-bond acceptors (Lipinski definition) is 3. The third-order valence-corrected chi connectivity index (χ3v) is 2.56. The Balaban J connectivity index is 2.82. The molecule has 0 atom stereocenters. The molecule has 0 radical (unpaired) electrons. The van der Waals surface area contributed by atoms with Crippen LogP contribution in [0.2, 0.25) is 5.02 Å². The van der Waals surface area contributed by atoms with Gasteiger partial charge < -0.3 is 5.32 Å². The predicted octanol–water partition coefficient (Wildman–Crippen LogP) is 2.61. The van der Waals surface area contributed by atoms with Gasteiger partial charge in [-0.1, -0.05) is 17.7 Å². The van der Waals surface area contributed by atoms with Crippen LogP contribution in [0.5, 0.6) is 0 Å². The summed E-state index contributed by atoms with van der Waals surface area (Å²) in [5.74, 6) is -3.44. The van der Waals surface area contributed by atoms with Gasteiger partial charge in [0.1, 0.15) is 0 Å². The van der Waals surface area contributed by atoms with Crippen molar-refractivity contribution in [1.29, 1.82) is 0 Å². The van der Waals surface area contributed by atoms with Crippen molar-refractivity contribution in [1.82, 2.24) is 5.32 Å². The van der Waals surface area contributed by atoms with E-state index in [1.54, 1.807) is 0 Å². The average molecular weight is 315 g/mol. The number of hydrogen-bond donors (Lipinski definition) is 1. The van der Waals surface area contributed by atoms with Crippen LogP contribution in [0.1, 0.15) is 5.56 Å². The smallest absolute Gasteiger partial charge is 0.348 e. The van der Waals surface area contributed by atoms with E-state index >= 15 is 0 Å². The van der Waals surface area contributed by atoms with Gasteiger partial charge in [0, 0.05) is 12.1 Å². The maximum atomic E-state index is 13.4. The van der Waals surface area contributed by atoms with Gasteiger partial charge in [0.2, 0.25) is 5.82 Å². The van der Waals surface area contributed by atoms with Gasteiger partial charge in [-0.25, -0.2) is 0 Å². The normalized spacial score (nSPS) is 11.2. The second kappa shape index (κ2) is 6.04. The number of nitro benzene ring substituents is 1. The lowest BCUT2D eigenvalue weighted by atomic mass is 10.1. The summed E-state index contributed by atoms with van der Waals surface area (Å²) in [4.78, 5) is 20.2. The lowest BCUT2D eigenvalue weighted by molar-refractivity contribution is -0.388. The molecule has 0 saturated heterocycles. The Kier molecular flexibility index (Phi) is 4.88. The molecule has 0 spiro atoms. The molecule has 20 heavy (non-hydrogen) atoms. The van der Waals surface area contributed by atoms with Gasteiger partial charge in [0.25, 0.3) is 0 Å². The highest BCUT2D eigenvalue weighted by molar-refractivity contribution is 6.31. The maximum absolute atomic E-state index is 13.4. The molecule has 1 aromatic rings. The van der Waals surface area contributed by atoms with Crippen molar-refractivity contribution in [3.05, 3.63) is 38.7 Å². The number of halogens is 5. The zero-order valence-electron chi connectivity index (χ0n) is 9.63. The van der Waals surface area contributed by atoms with Crippen LogP contribution in [0.15, 0.2) is 12.1 Å². The lowest BCUT2D eigenvalue weighted by Crippen LogP contribution is -2.37. The molecule has 0 saturated carbocycles. The molecule has 0 aliphatic rings. The zero-order chi connectivity index (χ0) is 15.5. The van der Waals surface area contributed by atoms with Crippen LogP contribution in [0.3, 0.4) is 0 Å². The van der Waals surface area contributed by atoms with Gasteiger partial charge in [0.05, 0.1) is 9.95 Å². The number of nitro groups is 1. The fourth-order valence-electron chi connectivity index (χ4n) is 1.39. The van der Waals surface area contributed by atoms with Crippen molar-refractivity contribution in [3.8, 4) is 0 Å². The van der Waals surface area contributed by atoms with Crippen LogP contribution in [-0.4, -0.2) is 23.6 Å². The van der Waals surface area contributed by atoms with Crippen LogP contribution in [0.4, 0.5) is 23.2 Å². The number of rotatable bonds is 4. The quantitative estimate of drug-likeness (QED) is 0.527. The fraction of sp³-hybridized carbons (Fsp3) is 0.300.